The highest BCUT2D eigenvalue weighted by Gasteiger charge is 2.32. The van der Waals surface area contributed by atoms with Crippen molar-refractivity contribution in [2.75, 3.05) is 13.2 Å². The molecule has 0 radical (unpaired) electrons. The first kappa shape index (κ1) is 18.4. The van der Waals surface area contributed by atoms with Gasteiger partial charge >= 0.3 is 0 Å². The summed E-state index contributed by atoms with van der Waals surface area (Å²) in [5, 5.41) is 8.66. The summed E-state index contributed by atoms with van der Waals surface area (Å²) in [5.41, 5.74) is 0.497. The van der Waals surface area contributed by atoms with Gasteiger partial charge < -0.3 is 14.1 Å². The molecule has 3 heterocycles. The van der Waals surface area contributed by atoms with E-state index in [1.165, 1.54) is 0 Å². The molecule has 1 aliphatic heterocycles. The van der Waals surface area contributed by atoms with Gasteiger partial charge in [0.05, 0.1) is 11.2 Å². The molecule has 3 aromatic rings. The van der Waals surface area contributed by atoms with Crippen molar-refractivity contribution in [1.82, 2.24) is 25.1 Å². The van der Waals surface area contributed by atoms with E-state index in [0.29, 0.717) is 28.9 Å². The molecular formula is C19H18ClN5O3. The number of hydrogen-bond donors (Lipinski definition) is 0. The molecule has 1 aromatic carbocycles. The number of nitrogens with zero attached hydrogens (tertiary/aromatic N) is 5. The van der Waals surface area contributed by atoms with Crippen LogP contribution in [0.2, 0.25) is 5.02 Å². The van der Waals surface area contributed by atoms with Crippen LogP contribution >= 0.6 is 11.6 Å². The summed E-state index contributed by atoms with van der Waals surface area (Å²) in [5.74, 6) is 1.01. The summed E-state index contributed by atoms with van der Waals surface area (Å²) in [4.78, 5) is 22.7. The van der Waals surface area contributed by atoms with Gasteiger partial charge in [0.15, 0.2) is 6.61 Å². The summed E-state index contributed by atoms with van der Waals surface area (Å²) < 4.78 is 11.4. The molecule has 144 valence electrons. The molecule has 0 aliphatic carbocycles. The molecule has 1 saturated heterocycles. The molecule has 1 fully saturated rings. The highest BCUT2D eigenvalue weighted by Crippen LogP contribution is 2.32. The van der Waals surface area contributed by atoms with Gasteiger partial charge in [0, 0.05) is 18.9 Å². The van der Waals surface area contributed by atoms with E-state index in [2.05, 4.69) is 20.2 Å². The third kappa shape index (κ3) is 3.96. The van der Waals surface area contributed by atoms with Gasteiger partial charge in [-0.3, -0.25) is 9.78 Å². The standard InChI is InChI=1S/C19H18ClN5O3/c20-13-5-1-2-7-16(13)27-12-17(26)25-10-4-3-6-15(25)19-24-23-18(28-19)14-11-21-8-9-22-14/h1-2,5,7-9,11,15H,3-4,6,10,12H2. The van der Waals surface area contributed by atoms with Crippen LogP contribution in [0.4, 0.5) is 0 Å². The number of amides is 1. The Bertz CT molecular complexity index is 950. The Morgan fingerprint density at radius 3 is 2.96 bits per heavy atom. The smallest absolute Gasteiger partial charge is 0.267 e. The molecule has 0 spiro atoms. The SMILES string of the molecule is O=C(COc1ccccc1Cl)N1CCCCC1c1nnc(-c2cnccn2)o1. The van der Waals surface area contributed by atoms with Crippen molar-refractivity contribution >= 4 is 17.5 Å². The van der Waals surface area contributed by atoms with E-state index in [1.807, 2.05) is 12.1 Å². The van der Waals surface area contributed by atoms with Crippen LogP contribution in [0.1, 0.15) is 31.2 Å². The molecule has 2 aromatic heterocycles. The summed E-state index contributed by atoms with van der Waals surface area (Å²) in [6, 6.07) is 6.78. The van der Waals surface area contributed by atoms with Crippen molar-refractivity contribution in [2.45, 2.75) is 25.3 Å². The molecule has 1 atom stereocenters. The highest BCUT2D eigenvalue weighted by molar-refractivity contribution is 6.32. The maximum absolute atomic E-state index is 12.8. The van der Waals surface area contributed by atoms with Crippen molar-refractivity contribution in [1.29, 1.82) is 0 Å². The van der Waals surface area contributed by atoms with Gasteiger partial charge in [-0.15, -0.1) is 10.2 Å². The predicted octanol–water partition coefficient (Wildman–Crippen LogP) is 3.31. The molecule has 4 rings (SSSR count). The van der Waals surface area contributed by atoms with Gasteiger partial charge in [-0.2, -0.15) is 0 Å². The van der Waals surface area contributed by atoms with Crippen LogP contribution in [0.15, 0.2) is 47.3 Å². The molecule has 1 amide bonds. The lowest BCUT2D eigenvalue weighted by molar-refractivity contribution is -0.137. The van der Waals surface area contributed by atoms with E-state index in [0.717, 1.165) is 19.3 Å². The van der Waals surface area contributed by atoms with Crippen molar-refractivity contribution in [3.8, 4) is 17.3 Å². The molecule has 1 aliphatic rings. The van der Waals surface area contributed by atoms with Crippen LogP contribution in [0, 0.1) is 0 Å². The number of aromatic nitrogens is 4. The Morgan fingerprint density at radius 1 is 1.25 bits per heavy atom. The largest absolute Gasteiger partial charge is 0.482 e. The van der Waals surface area contributed by atoms with E-state index in [4.69, 9.17) is 20.8 Å². The Balaban J connectivity index is 1.48. The Hall–Kier alpha value is -3.00. The van der Waals surface area contributed by atoms with Gasteiger partial charge in [0.2, 0.25) is 5.89 Å². The Labute approximate surface area is 166 Å². The number of hydrogen-bond acceptors (Lipinski definition) is 7. The predicted molar refractivity (Wildman–Crippen MR) is 101 cm³/mol. The van der Waals surface area contributed by atoms with Crippen LogP contribution in [0.3, 0.4) is 0 Å². The van der Waals surface area contributed by atoms with E-state index in [1.54, 1.807) is 35.6 Å². The van der Waals surface area contributed by atoms with E-state index >= 15 is 0 Å². The number of halogens is 1. The maximum Gasteiger partial charge on any atom is 0.267 e. The average molecular weight is 400 g/mol. The molecule has 0 N–H and O–H groups in total. The summed E-state index contributed by atoms with van der Waals surface area (Å²) in [7, 11) is 0. The fraction of sp³-hybridized carbons (Fsp3) is 0.316. The fourth-order valence-electron chi connectivity index (χ4n) is 3.15. The lowest BCUT2D eigenvalue weighted by Crippen LogP contribution is -2.41. The summed E-state index contributed by atoms with van der Waals surface area (Å²) in [6.45, 7) is 0.504. The Kier molecular flexibility index (Phi) is 5.48. The second-order valence-electron chi connectivity index (χ2n) is 6.35. The molecule has 28 heavy (non-hydrogen) atoms. The maximum atomic E-state index is 12.8. The van der Waals surface area contributed by atoms with Crippen molar-refractivity contribution < 1.29 is 13.9 Å². The van der Waals surface area contributed by atoms with E-state index in [-0.39, 0.29) is 24.4 Å². The summed E-state index contributed by atoms with van der Waals surface area (Å²) >= 11 is 6.08. The number of benzene rings is 1. The zero-order valence-corrected chi connectivity index (χ0v) is 15.7. The van der Waals surface area contributed by atoms with Crippen LogP contribution in [0.25, 0.3) is 11.6 Å². The van der Waals surface area contributed by atoms with Crippen LogP contribution in [0.5, 0.6) is 5.75 Å². The highest BCUT2D eigenvalue weighted by atomic mass is 35.5. The first-order valence-electron chi connectivity index (χ1n) is 8.99. The third-order valence-electron chi connectivity index (χ3n) is 4.52. The van der Waals surface area contributed by atoms with Crippen LogP contribution < -0.4 is 4.74 Å². The third-order valence-corrected chi connectivity index (χ3v) is 4.83. The second kappa shape index (κ2) is 8.35. The van der Waals surface area contributed by atoms with E-state index < -0.39 is 0 Å². The quantitative estimate of drug-likeness (QED) is 0.649. The molecule has 1 unspecified atom stereocenters. The zero-order chi connectivity index (χ0) is 19.3. The number of carbonyl (C=O) groups excluding carboxylic acids is 1. The second-order valence-corrected chi connectivity index (χ2v) is 6.76. The average Bonchev–Trinajstić information content (AvgIpc) is 3.24. The van der Waals surface area contributed by atoms with Crippen molar-refractivity contribution in [3.63, 3.8) is 0 Å². The van der Waals surface area contributed by atoms with Gasteiger partial charge in [0.1, 0.15) is 17.5 Å². The molecule has 0 saturated carbocycles. The number of rotatable bonds is 5. The number of ether oxygens (including phenoxy) is 1. The minimum Gasteiger partial charge on any atom is -0.482 e. The van der Waals surface area contributed by atoms with Gasteiger partial charge in [-0.25, -0.2) is 4.98 Å². The normalized spacial score (nSPS) is 16.8. The first-order valence-corrected chi connectivity index (χ1v) is 9.37. The molecule has 0 bridgehead atoms. The monoisotopic (exact) mass is 399 g/mol. The topological polar surface area (TPSA) is 94.2 Å². The van der Waals surface area contributed by atoms with Crippen molar-refractivity contribution in [2.24, 2.45) is 0 Å². The van der Waals surface area contributed by atoms with Gasteiger partial charge in [-0.1, -0.05) is 23.7 Å². The Morgan fingerprint density at radius 2 is 2.14 bits per heavy atom. The number of piperidine rings is 1. The minimum absolute atomic E-state index is 0.106. The summed E-state index contributed by atoms with van der Waals surface area (Å²) in [6.07, 6.45) is 7.32. The lowest BCUT2D eigenvalue weighted by atomic mass is 10.0. The lowest BCUT2D eigenvalue weighted by Gasteiger charge is -2.33. The van der Waals surface area contributed by atoms with Crippen molar-refractivity contribution in [3.05, 3.63) is 53.8 Å². The first-order chi connectivity index (χ1) is 13.7. The number of para-hydroxylation sites is 1. The molecular weight excluding hydrogens is 382 g/mol. The fourth-order valence-corrected chi connectivity index (χ4v) is 3.34. The van der Waals surface area contributed by atoms with Gasteiger partial charge in [-0.05, 0) is 31.4 Å². The van der Waals surface area contributed by atoms with Crippen LogP contribution in [-0.4, -0.2) is 44.1 Å². The van der Waals surface area contributed by atoms with E-state index in [9.17, 15) is 4.79 Å². The molecule has 9 heteroatoms. The minimum atomic E-state index is -0.283. The molecule has 8 nitrogen and oxygen atoms in total. The van der Waals surface area contributed by atoms with Crippen LogP contribution in [-0.2, 0) is 4.79 Å². The number of likely N-dealkylation sites (tertiary alicyclic amines) is 1. The number of carbonyl (C=O) groups is 1. The zero-order valence-electron chi connectivity index (χ0n) is 15.0. The van der Waals surface area contributed by atoms with Gasteiger partial charge in [0.25, 0.3) is 11.8 Å².